The van der Waals surface area contributed by atoms with Crippen LogP contribution in [0, 0.1) is 3.57 Å². The molecule has 0 saturated heterocycles. The van der Waals surface area contributed by atoms with Crippen LogP contribution in [0.3, 0.4) is 0 Å². The Balaban J connectivity index is 2.17. The van der Waals surface area contributed by atoms with Gasteiger partial charge in [0.15, 0.2) is 10.8 Å². The van der Waals surface area contributed by atoms with E-state index in [4.69, 9.17) is 5.11 Å². The molecule has 2 N–H and O–H groups in total. The van der Waals surface area contributed by atoms with E-state index in [1.807, 2.05) is 24.3 Å². The average Bonchev–Trinajstić information content (AvgIpc) is 2.66. The number of thiazole rings is 1. The number of hydrogen-bond acceptors (Lipinski definition) is 4. The number of aromatic nitrogens is 1. The summed E-state index contributed by atoms with van der Waals surface area (Å²) in [4.78, 5) is 14.6. The molecule has 0 fully saturated rings. The van der Waals surface area contributed by atoms with Gasteiger partial charge in [-0.05, 0) is 40.8 Å². The fourth-order valence-corrected chi connectivity index (χ4v) is 2.37. The molecule has 0 aliphatic rings. The largest absolute Gasteiger partial charge is 0.476 e. The standard InChI is InChI=1S/C10H7IN2O2S/c11-6-2-1-3-7(4-6)12-10-13-8(5-16-10)9(14)15/h1-5H,(H,12,13)(H,14,15). The minimum absolute atomic E-state index is 0.0677. The summed E-state index contributed by atoms with van der Waals surface area (Å²) in [6, 6.07) is 7.78. The van der Waals surface area contributed by atoms with Crippen LogP contribution in [0.4, 0.5) is 10.8 Å². The number of aromatic carboxylic acids is 1. The normalized spacial score (nSPS) is 10.1. The highest BCUT2D eigenvalue weighted by molar-refractivity contribution is 14.1. The lowest BCUT2D eigenvalue weighted by Gasteiger charge is -2.01. The van der Waals surface area contributed by atoms with E-state index in [9.17, 15) is 4.79 Å². The molecule has 1 aromatic heterocycles. The number of hydrogen-bond donors (Lipinski definition) is 2. The summed E-state index contributed by atoms with van der Waals surface area (Å²) in [5, 5.41) is 13.9. The monoisotopic (exact) mass is 346 g/mol. The van der Waals surface area contributed by atoms with Gasteiger partial charge in [-0.15, -0.1) is 11.3 Å². The molecule has 0 amide bonds. The maximum atomic E-state index is 10.6. The molecule has 16 heavy (non-hydrogen) atoms. The Bertz CT molecular complexity index is 527. The molecule has 0 aliphatic heterocycles. The van der Waals surface area contributed by atoms with Crippen molar-refractivity contribution in [1.82, 2.24) is 4.98 Å². The summed E-state index contributed by atoms with van der Waals surface area (Å²) < 4.78 is 1.11. The van der Waals surface area contributed by atoms with Crippen LogP contribution < -0.4 is 5.32 Å². The van der Waals surface area contributed by atoms with E-state index < -0.39 is 5.97 Å². The summed E-state index contributed by atoms with van der Waals surface area (Å²) in [5.74, 6) is -1.01. The second-order valence-electron chi connectivity index (χ2n) is 2.98. The minimum Gasteiger partial charge on any atom is -0.476 e. The zero-order chi connectivity index (χ0) is 11.5. The van der Waals surface area contributed by atoms with Crippen LogP contribution >= 0.6 is 33.9 Å². The first-order chi connectivity index (χ1) is 7.65. The third-order valence-corrected chi connectivity index (χ3v) is 3.23. The van der Waals surface area contributed by atoms with Gasteiger partial charge in [-0.2, -0.15) is 0 Å². The third kappa shape index (κ3) is 2.70. The number of anilines is 2. The molecular formula is C10H7IN2O2S. The van der Waals surface area contributed by atoms with Crippen molar-refractivity contribution in [3.8, 4) is 0 Å². The first-order valence-corrected chi connectivity index (χ1v) is 6.32. The minimum atomic E-state index is -1.01. The molecule has 0 bridgehead atoms. The Hall–Kier alpha value is -1.15. The molecule has 0 radical (unpaired) electrons. The molecular weight excluding hydrogens is 339 g/mol. The maximum absolute atomic E-state index is 10.6. The van der Waals surface area contributed by atoms with Crippen molar-refractivity contribution in [3.05, 3.63) is 38.9 Å². The van der Waals surface area contributed by atoms with Crippen molar-refractivity contribution in [3.63, 3.8) is 0 Å². The van der Waals surface area contributed by atoms with Crippen molar-refractivity contribution in [2.45, 2.75) is 0 Å². The number of rotatable bonds is 3. The van der Waals surface area contributed by atoms with Crippen molar-refractivity contribution < 1.29 is 9.90 Å². The fourth-order valence-electron chi connectivity index (χ4n) is 1.12. The highest BCUT2D eigenvalue weighted by atomic mass is 127. The van der Waals surface area contributed by atoms with Crippen LogP contribution in [-0.4, -0.2) is 16.1 Å². The number of halogens is 1. The smallest absolute Gasteiger partial charge is 0.355 e. The third-order valence-electron chi connectivity index (χ3n) is 1.80. The molecule has 0 atom stereocenters. The second-order valence-corrected chi connectivity index (χ2v) is 5.08. The molecule has 4 nitrogen and oxygen atoms in total. The quantitative estimate of drug-likeness (QED) is 0.838. The summed E-state index contributed by atoms with van der Waals surface area (Å²) in [5.41, 5.74) is 0.969. The lowest BCUT2D eigenvalue weighted by atomic mass is 10.3. The first-order valence-electron chi connectivity index (χ1n) is 4.36. The van der Waals surface area contributed by atoms with Gasteiger partial charge in [0.2, 0.25) is 0 Å². The van der Waals surface area contributed by atoms with Crippen molar-refractivity contribution in [2.75, 3.05) is 5.32 Å². The Morgan fingerprint density at radius 2 is 2.31 bits per heavy atom. The summed E-state index contributed by atoms with van der Waals surface area (Å²) >= 11 is 3.49. The molecule has 82 valence electrons. The van der Waals surface area contributed by atoms with Gasteiger partial charge < -0.3 is 10.4 Å². The predicted octanol–water partition coefficient (Wildman–Crippen LogP) is 3.19. The van der Waals surface area contributed by atoms with Crippen LogP contribution in [0.5, 0.6) is 0 Å². The number of nitrogens with one attached hydrogen (secondary N) is 1. The summed E-state index contributed by atoms with van der Waals surface area (Å²) in [6.45, 7) is 0. The van der Waals surface area contributed by atoms with E-state index in [1.165, 1.54) is 16.7 Å². The van der Waals surface area contributed by atoms with Gasteiger partial charge in [0, 0.05) is 14.6 Å². The average molecular weight is 346 g/mol. The van der Waals surface area contributed by atoms with E-state index in [0.717, 1.165) is 9.26 Å². The van der Waals surface area contributed by atoms with Crippen molar-refractivity contribution >= 4 is 50.7 Å². The van der Waals surface area contributed by atoms with E-state index in [2.05, 4.69) is 32.9 Å². The number of benzene rings is 1. The lowest BCUT2D eigenvalue weighted by Crippen LogP contribution is -1.97. The highest BCUT2D eigenvalue weighted by Gasteiger charge is 2.08. The number of carbonyl (C=O) groups is 1. The zero-order valence-corrected chi connectivity index (χ0v) is 10.9. The number of carboxylic acid groups (broad SMARTS) is 1. The van der Waals surface area contributed by atoms with Crippen LogP contribution in [0.2, 0.25) is 0 Å². The zero-order valence-electron chi connectivity index (χ0n) is 7.98. The fraction of sp³-hybridized carbons (Fsp3) is 0. The van der Waals surface area contributed by atoms with Gasteiger partial charge in [-0.1, -0.05) is 6.07 Å². The topological polar surface area (TPSA) is 62.2 Å². The van der Waals surface area contributed by atoms with Crippen LogP contribution in [0.25, 0.3) is 0 Å². The van der Waals surface area contributed by atoms with Gasteiger partial charge >= 0.3 is 5.97 Å². The molecule has 6 heteroatoms. The summed E-state index contributed by atoms with van der Waals surface area (Å²) in [6.07, 6.45) is 0. The lowest BCUT2D eigenvalue weighted by molar-refractivity contribution is 0.0691. The van der Waals surface area contributed by atoms with Gasteiger partial charge in [-0.25, -0.2) is 9.78 Å². The first kappa shape index (κ1) is 11.3. The van der Waals surface area contributed by atoms with E-state index >= 15 is 0 Å². The molecule has 0 aliphatic carbocycles. The molecule has 1 heterocycles. The van der Waals surface area contributed by atoms with Crippen molar-refractivity contribution in [2.24, 2.45) is 0 Å². The van der Waals surface area contributed by atoms with E-state index in [0.29, 0.717) is 5.13 Å². The highest BCUT2D eigenvalue weighted by Crippen LogP contribution is 2.21. The van der Waals surface area contributed by atoms with Crippen LogP contribution in [0.1, 0.15) is 10.5 Å². The molecule has 0 spiro atoms. The van der Waals surface area contributed by atoms with Gasteiger partial charge in [-0.3, -0.25) is 0 Å². The van der Waals surface area contributed by atoms with Crippen LogP contribution in [-0.2, 0) is 0 Å². The number of carboxylic acids is 1. The van der Waals surface area contributed by atoms with Gasteiger partial charge in [0.25, 0.3) is 0 Å². The Kier molecular flexibility index (Phi) is 3.39. The van der Waals surface area contributed by atoms with Crippen LogP contribution in [0.15, 0.2) is 29.6 Å². The van der Waals surface area contributed by atoms with E-state index in [1.54, 1.807) is 0 Å². The predicted molar refractivity (Wildman–Crippen MR) is 71.5 cm³/mol. The maximum Gasteiger partial charge on any atom is 0.355 e. The molecule has 0 unspecified atom stereocenters. The molecule has 2 rings (SSSR count). The number of nitrogens with zero attached hydrogens (tertiary/aromatic N) is 1. The summed E-state index contributed by atoms with van der Waals surface area (Å²) in [7, 11) is 0. The van der Waals surface area contributed by atoms with Gasteiger partial charge in [0.1, 0.15) is 0 Å². The van der Waals surface area contributed by atoms with Crippen molar-refractivity contribution in [1.29, 1.82) is 0 Å². The molecule has 0 saturated carbocycles. The SMILES string of the molecule is O=C(O)c1csc(Nc2cccc(I)c2)n1. The Morgan fingerprint density at radius 1 is 1.50 bits per heavy atom. The Morgan fingerprint density at radius 3 is 2.94 bits per heavy atom. The second kappa shape index (κ2) is 4.79. The molecule has 1 aromatic carbocycles. The molecule has 2 aromatic rings. The van der Waals surface area contributed by atoms with E-state index in [-0.39, 0.29) is 5.69 Å². The van der Waals surface area contributed by atoms with Gasteiger partial charge in [0.05, 0.1) is 0 Å². The Labute approximate surface area is 109 Å².